The highest BCUT2D eigenvalue weighted by Crippen LogP contribution is 2.45. The summed E-state index contributed by atoms with van der Waals surface area (Å²) in [6, 6.07) is 74.0. The second-order valence-corrected chi connectivity index (χ2v) is 14.1. The van der Waals surface area contributed by atoms with Crippen LogP contribution >= 0.6 is 0 Å². The van der Waals surface area contributed by atoms with E-state index in [4.69, 9.17) is 4.42 Å². The Bertz CT molecular complexity index is 3150. The van der Waals surface area contributed by atoms with Crippen LogP contribution in [0.1, 0.15) is 0 Å². The lowest BCUT2D eigenvalue weighted by molar-refractivity contribution is 0.669. The van der Waals surface area contributed by atoms with Crippen LogP contribution in [0, 0.1) is 0 Å². The molecule has 0 fully saturated rings. The average molecular weight is 703 g/mol. The highest BCUT2D eigenvalue weighted by Gasteiger charge is 2.21. The third kappa shape index (κ3) is 5.13. The van der Waals surface area contributed by atoms with E-state index in [9.17, 15) is 0 Å². The number of furan rings is 1. The first-order chi connectivity index (χ1) is 27.3. The minimum atomic E-state index is 0.858. The number of benzene rings is 9. The van der Waals surface area contributed by atoms with Crippen molar-refractivity contribution in [1.82, 2.24) is 4.57 Å². The lowest BCUT2D eigenvalue weighted by Crippen LogP contribution is -2.11. The third-order valence-electron chi connectivity index (χ3n) is 11.0. The Kier molecular flexibility index (Phi) is 7.17. The van der Waals surface area contributed by atoms with E-state index in [1.165, 1.54) is 38.1 Å². The second-order valence-electron chi connectivity index (χ2n) is 14.1. The fourth-order valence-corrected chi connectivity index (χ4v) is 8.46. The van der Waals surface area contributed by atoms with Crippen molar-refractivity contribution in [2.24, 2.45) is 0 Å². The number of hydrogen-bond acceptors (Lipinski definition) is 2. The standard InChI is InChI=1S/C52H34N2O/c1-2-13-36(14-3-1)43-31-25-37(42-21-12-16-35-15-4-5-17-41(35)42)33-50(43)53(40-30-32-47-46-20-8-11-24-51(46)55-52(47)34-40)38-26-28-39(29-27-38)54-48-22-9-6-18-44(48)45-19-7-10-23-49(45)54/h1-34H. The summed E-state index contributed by atoms with van der Waals surface area (Å²) in [4.78, 5) is 2.39. The molecule has 0 aliphatic carbocycles. The summed E-state index contributed by atoms with van der Waals surface area (Å²) in [6.07, 6.45) is 0. The topological polar surface area (TPSA) is 21.3 Å². The van der Waals surface area contributed by atoms with Crippen molar-refractivity contribution in [3.63, 3.8) is 0 Å². The zero-order valence-corrected chi connectivity index (χ0v) is 29.9. The van der Waals surface area contributed by atoms with Gasteiger partial charge < -0.3 is 13.9 Å². The third-order valence-corrected chi connectivity index (χ3v) is 11.0. The number of rotatable bonds is 6. The van der Waals surface area contributed by atoms with Crippen molar-refractivity contribution in [2.45, 2.75) is 0 Å². The second kappa shape index (κ2) is 12.6. The summed E-state index contributed by atoms with van der Waals surface area (Å²) in [6.45, 7) is 0. The molecule has 0 aliphatic rings. The average Bonchev–Trinajstić information content (AvgIpc) is 3.80. The summed E-state index contributed by atoms with van der Waals surface area (Å²) in [7, 11) is 0. The quantitative estimate of drug-likeness (QED) is 0.172. The fourth-order valence-electron chi connectivity index (χ4n) is 8.46. The molecule has 2 heterocycles. The van der Waals surface area contributed by atoms with Gasteiger partial charge in [0.05, 0.1) is 16.7 Å². The first-order valence-corrected chi connectivity index (χ1v) is 18.8. The molecule has 9 aromatic carbocycles. The maximum atomic E-state index is 6.49. The van der Waals surface area contributed by atoms with Crippen LogP contribution in [0.4, 0.5) is 17.1 Å². The fraction of sp³-hybridized carbons (Fsp3) is 0. The predicted octanol–water partition coefficient (Wildman–Crippen LogP) is 14.6. The van der Waals surface area contributed by atoms with E-state index in [-0.39, 0.29) is 0 Å². The summed E-state index contributed by atoms with van der Waals surface area (Å²) < 4.78 is 8.86. The SMILES string of the molecule is c1ccc(-c2ccc(-c3cccc4ccccc34)cc2N(c2ccc(-n3c4ccccc4c4ccccc43)cc2)c2ccc3c(c2)oc2ccccc23)cc1. The number of fused-ring (bicyclic) bond motifs is 7. The van der Waals surface area contributed by atoms with E-state index < -0.39 is 0 Å². The van der Waals surface area contributed by atoms with E-state index in [1.54, 1.807) is 0 Å². The Morgan fingerprint density at radius 3 is 1.76 bits per heavy atom. The molecule has 0 saturated carbocycles. The van der Waals surface area contributed by atoms with Crippen LogP contribution in [0.3, 0.4) is 0 Å². The maximum absolute atomic E-state index is 6.49. The van der Waals surface area contributed by atoms with Gasteiger partial charge in [0.25, 0.3) is 0 Å². The molecule has 11 rings (SSSR count). The van der Waals surface area contributed by atoms with Gasteiger partial charge >= 0.3 is 0 Å². The minimum absolute atomic E-state index is 0.858. The number of aromatic nitrogens is 1. The van der Waals surface area contributed by atoms with Gasteiger partial charge in [-0.2, -0.15) is 0 Å². The number of nitrogens with zero attached hydrogens (tertiary/aromatic N) is 2. The number of anilines is 3. The van der Waals surface area contributed by atoms with Crippen molar-refractivity contribution in [1.29, 1.82) is 0 Å². The van der Waals surface area contributed by atoms with Crippen molar-refractivity contribution in [2.75, 3.05) is 4.90 Å². The van der Waals surface area contributed by atoms with Crippen LogP contribution in [-0.4, -0.2) is 4.57 Å². The summed E-state index contributed by atoms with van der Waals surface area (Å²) in [5.41, 5.74) is 13.0. The predicted molar refractivity (Wildman–Crippen MR) is 231 cm³/mol. The lowest BCUT2D eigenvalue weighted by atomic mass is 9.94. The Morgan fingerprint density at radius 1 is 0.364 bits per heavy atom. The van der Waals surface area contributed by atoms with Crippen LogP contribution in [0.5, 0.6) is 0 Å². The lowest BCUT2D eigenvalue weighted by Gasteiger charge is -2.29. The number of hydrogen-bond donors (Lipinski definition) is 0. The van der Waals surface area contributed by atoms with Gasteiger partial charge in [0, 0.05) is 50.2 Å². The van der Waals surface area contributed by atoms with Gasteiger partial charge in [-0.1, -0.05) is 140 Å². The van der Waals surface area contributed by atoms with Gasteiger partial charge in [0.15, 0.2) is 0 Å². The van der Waals surface area contributed by atoms with Gasteiger partial charge in [-0.25, -0.2) is 0 Å². The van der Waals surface area contributed by atoms with Gasteiger partial charge in [-0.15, -0.1) is 0 Å². The zero-order chi connectivity index (χ0) is 36.3. The zero-order valence-electron chi connectivity index (χ0n) is 29.9. The molecule has 258 valence electrons. The van der Waals surface area contributed by atoms with E-state index in [0.29, 0.717) is 0 Å². The van der Waals surface area contributed by atoms with Crippen molar-refractivity contribution in [3.8, 4) is 27.9 Å². The first kappa shape index (κ1) is 31.2. The monoisotopic (exact) mass is 702 g/mol. The molecule has 11 aromatic rings. The molecule has 0 aliphatic heterocycles. The molecule has 0 radical (unpaired) electrons. The van der Waals surface area contributed by atoms with Crippen LogP contribution in [0.2, 0.25) is 0 Å². The number of para-hydroxylation sites is 3. The molecule has 0 spiro atoms. The molecule has 0 unspecified atom stereocenters. The molecule has 0 amide bonds. The molecule has 3 nitrogen and oxygen atoms in total. The normalized spacial score (nSPS) is 11.6. The van der Waals surface area contributed by atoms with Crippen molar-refractivity contribution >= 4 is 71.6 Å². The molecule has 0 atom stereocenters. The van der Waals surface area contributed by atoms with Crippen LogP contribution < -0.4 is 4.90 Å². The highest BCUT2D eigenvalue weighted by molar-refractivity contribution is 6.10. The van der Waals surface area contributed by atoms with Crippen LogP contribution in [-0.2, 0) is 0 Å². The van der Waals surface area contributed by atoms with Gasteiger partial charge in [0.2, 0.25) is 0 Å². The largest absolute Gasteiger partial charge is 0.456 e. The highest BCUT2D eigenvalue weighted by atomic mass is 16.3. The Morgan fingerprint density at radius 2 is 0.982 bits per heavy atom. The van der Waals surface area contributed by atoms with E-state index in [2.05, 4.69) is 204 Å². The van der Waals surface area contributed by atoms with Crippen molar-refractivity contribution in [3.05, 3.63) is 206 Å². The molecule has 3 heteroatoms. The summed E-state index contributed by atoms with van der Waals surface area (Å²) in [5, 5.41) is 7.18. The summed E-state index contributed by atoms with van der Waals surface area (Å²) in [5.74, 6) is 0. The van der Waals surface area contributed by atoms with Crippen LogP contribution in [0.25, 0.3) is 82.5 Å². The smallest absolute Gasteiger partial charge is 0.137 e. The first-order valence-electron chi connectivity index (χ1n) is 18.8. The van der Waals surface area contributed by atoms with Gasteiger partial charge in [-0.3, -0.25) is 0 Å². The molecule has 55 heavy (non-hydrogen) atoms. The van der Waals surface area contributed by atoms with E-state index in [1.807, 2.05) is 12.1 Å². The molecule has 0 bridgehead atoms. The molecular weight excluding hydrogens is 669 g/mol. The van der Waals surface area contributed by atoms with E-state index in [0.717, 1.165) is 61.4 Å². The van der Waals surface area contributed by atoms with Crippen LogP contribution in [0.15, 0.2) is 211 Å². The Labute approximate surface area is 318 Å². The Hall–Kier alpha value is -7.36. The molecule has 0 saturated heterocycles. The molecule has 0 N–H and O–H groups in total. The summed E-state index contributed by atoms with van der Waals surface area (Å²) >= 11 is 0. The maximum Gasteiger partial charge on any atom is 0.137 e. The minimum Gasteiger partial charge on any atom is -0.456 e. The Balaban J connectivity index is 1.15. The molecular formula is C52H34N2O. The van der Waals surface area contributed by atoms with Crippen molar-refractivity contribution < 1.29 is 4.42 Å². The molecule has 2 aromatic heterocycles. The van der Waals surface area contributed by atoms with E-state index >= 15 is 0 Å². The van der Waals surface area contributed by atoms with Gasteiger partial charge in [-0.05, 0) is 88.1 Å². The van der Waals surface area contributed by atoms with Gasteiger partial charge in [0.1, 0.15) is 11.2 Å².